The zero-order valence-electron chi connectivity index (χ0n) is 10.9. The van der Waals surface area contributed by atoms with Gasteiger partial charge in [0.25, 0.3) is 0 Å². The number of hydrogen-bond acceptors (Lipinski definition) is 2. The fourth-order valence-corrected chi connectivity index (χ4v) is 2.35. The number of amides is 2. The highest BCUT2D eigenvalue weighted by Crippen LogP contribution is 2.28. The quantitative estimate of drug-likeness (QED) is 0.890. The minimum Gasteiger partial charge on any atom is -0.478 e. The molecule has 20 heavy (non-hydrogen) atoms. The van der Waals surface area contributed by atoms with Gasteiger partial charge >= 0.3 is 12.0 Å². The highest BCUT2D eigenvalue weighted by atomic mass is 79.9. The number of nitrogens with zero attached hydrogens (tertiary/aromatic N) is 1. The van der Waals surface area contributed by atoms with Crippen molar-refractivity contribution in [3.05, 3.63) is 40.4 Å². The Morgan fingerprint density at radius 3 is 2.85 bits per heavy atom. The molecule has 0 saturated carbocycles. The number of nitrogens with one attached hydrogen (secondary N) is 1. The Kier molecular flexibility index (Phi) is 4.44. The van der Waals surface area contributed by atoms with E-state index in [9.17, 15) is 9.59 Å². The monoisotopic (exact) mass is 338 g/mol. The van der Waals surface area contributed by atoms with Crippen LogP contribution in [0.4, 0.5) is 10.5 Å². The first-order valence-electron chi connectivity index (χ1n) is 6.24. The summed E-state index contributed by atoms with van der Waals surface area (Å²) in [6.07, 6.45) is 1.60. The normalized spacial score (nSPS) is 13.6. The average Bonchev–Trinajstić information content (AvgIpc) is 2.43. The van der Waals surface area contributed by atoms with Crippen LogP contribution in [0, 0.1) is 0 Å². The van der Waals surface area contributed by atoms with Gasteiger partial charge in [-0.05, 0) is 36.6 Å². The molecule has 0 aliphatic carbocycles. The van der Waals surface area contributed by atoms with Crippen molar-refractivity contribution in [2.24, 2.45) is 0 Å². The molecule has 0 fully saturated rings. The van der Waals surface area contributed by atoms with Crippen LogP contribution in [0.15, 0.2) is 29.3 Å². The summed E-state index contributed by atoms with van der Waals surface area (Å²) in [5.74, 6) is -0.954. The van der Waals surface area contributed by atoms with Crippen LogP contribution in [-0.4, -0.2) is 30.2 Å². The van der Waals surface area contributed by atoms with Gasteiger partial charge in [0.15, 0.2) is 0 Å². The fourth-order valence-electron chi connectivity index (χ4n) is 2.21. The van der Waals surface area contributed by atoms with E-state index in [0.29, 0.717) is 17.6 Å². The summed E-state index contributed by atoms with van der Waals surface area (Å²) in [4.78, 5) is 24.7. The van der Waals surface area contributed by atoms with E-state index < -0.39 is 5.97 Å². The lowest BCUT2D eigenvalue weighted by Crippen LogP contribution is -2.43. The van der Waals surface area contributed by atoms with E-state index in [-0.39, 0.29) is 11.6 Å². The number of urea groups is 1. The van der Waals surface area contributed by atoms with Crippen LogP contribution >= 0.6 is 15.9 Å². The van der Waals surface area contributed by atoms with Gasteiger partial charge in [-0.1, -0.05) is 22.5 Å². The van der Waals surface area contributed by atoms with Gasteiger partial charge in [-0.2, -0.15) is 0 Å². The van der Waals surface area contributed by atoms with Crippen molar-refractivity contribution in [1.82, 2.24) is 5.32 Å². The van der Waals surface area contributed by atoms with Gasteiger partial charge < -0.3 is 10.4 Å². The number of carboxylic acid groups (broad SMARTS) is 1. The van der Waals surface area contributed by atoms with Crippen molar-refractivity contribution < 1.29 is 14.7 Å². The van der Waals surface area contributed by atoms with Crippen molar-refractivity contribution in [3.63, 3.8) is 0 Å². The van der Waals surface area contributed by atoms with Crippen molar-refractivity contribution in [1.29, 1.82) is 0 Å². The zero-order chi connectivity index (χ0) is 14.7. The van der Waals surface area contributed by atoms with E-state index in [2.05, 4.69) is 27.8 Å². The lowest BCUT2D eigenvalue weighted by molar-refractivity contribution is 0.0696. The van der Waals surface area contributed by atoms with Crippen LogP contribution in [0.1, 0.15) is 22.3 Å². The first kappa shape index (κ1) is 14.6. The van der Waals surface area contributed by atoms with Gasteiger partial charge in [0.1, 0.15) is 0 Å². The second-order valence-corrected chi connectivity index (χ2v) is 5.70. The molecule has 5 nitrogen and oxygen atoms in total. The second kappa shape index (κ2) is 6.09. The van der Waals surface area contributed by atoms with Crippen molar-refractivity contribution in [3.8, 4) is 0 Å². The topological polar surface area (TPSA) is 69.6 Å². The Bertz CT molecular complexity index is 572. The summed E-state index contributed by atoms with van der Waals surface area (Å²) in [5.41, 5.74) is 1.92. The molecule has 0 atom stereocenters. The predicted molar refractivity (Wildman–Crippen MR) is 80.5 cm³/mol. The van der Waals surface area contributed by atoms with Crippen molar-refractivity contribution in [2.45, 2.75) is 12.8 Å². The number of rotatable bonds is 3. The van der Waals surface area contributed by atoms with Crippen LogP contribution in [0.2, 0.25) is 0 Å². The smallest absolute Gasteiger partial charge is 0.335 e. The summed E-state index contributed by atoms with van der Waals surface area (Å²) in [5, 5.41) is 11.8. The van der Waals surface area contributed by atoms with Gasteiger partial charge in [0, 0.05) is 16.7 Å². The number of carboxylic acids is 1. The molecule has 6 heteroatoms. The van der Waals surface area contributed by atoms with E-state index in [0.717, 1.165) is 24.1 Å². The highest BCUT2D eigenvalue weighted by molar-refractivity contribution is 9.11. The average molecular weight is 339 g/mol. The molecule has 0 unspecified atom stereocenters. The first-order valence-corrected chi connectivity index (χ1v) is 7.03. The molecular weight excluding hydrogens is 324 g/mol. The summed E-state index contributed by atoms with van der Waals surface area (Å²) in [6.45, 7) is 4.65. The van der Waals surface area contributed by atoms with Gasteiger partial charge in [-0.15, -0.1) is 0 Å². The van der Waals surface area contributed by atoms with E-state index in [1.54, 1.807) is 17.0 Å². The first-order chi connectivity index (χ1) is 9.49. The molecule has 0 bridgehead atoms. The Morgan fingerprint density at radius 1 is 1.45 bits per heavy atom. The van der Waals surface area contributed by atoms with Crippen LogP contribution < -0.4 is 10.2 Å². The van der Waals surface area contributed by atoms with Gasteiger partial charge in [0.05, 0.1) is 12.1 Å². The minimum atomic E-state index is -0.954. The number of anilines is 1. The molecular formula is C14H15BrN2O3. The van der Waals surface area contributed by atoms with E-state index in [1.165, 1.54) is 6.07 Å². The largest absolute Gasteiger partial charge is 0.478 e. The van der Waals surface area contributed by atoms with Crippen LogP contribution in [0.5, 0.6) is 0 Å². The number of carbonyl (C=O) groups excluding carboxylic acids is 1. The lowest BCUT2D eigenvalue weighted by atomic mass is 9.99. The maximum atomic E-state index is 12.1. The molecule has 1 heterocycles. The zero-order valence-corrected chi connectivity index (χ0v) is 12.4. The van der Waals surface area contributed by atoms with Crippen LogP contribution in [0.3, 0.4) is 0 Å². The standard InChI is InChI=1S/C14H15BrN2O3/c1-9(15)8-16-14(20)17-6-2-3-10-7-11(13(18)19)4-5-12(10)17/h4-5,7H,1-3,6,8H2,(H,16,20)(H,18,19). The Balaban J connectivity index is 2.22. The molecule has 0 saturated heterocycles. The fraction of sp³-hybridized carbons (Fsp3) is 0.286. The number of benzene rings is 1. The maximum absolute atomic E-state index is 12.1. The third-order valence-corrected chi connectivity index (χ3v) is 3.40. The molecule has 106 valence electrons. The Morgan fingerprint density at radius 2 is 2.20 bits per heavy atom. The number of aryl methyl sites for hydroxylation is 1. The van der Waals surface area contributed by atoms with E-state index in [4.69, 9.17) is 5.11 Å². The molecule has 0 spiro atoms. The number of carbonyl (C=O) groups is 2. The summed E-state index contributed by atoms with van der Waals surface area (Å²) in [7, 11) is 0. The Labute approximate surface area is 125 Å². The number of fused-ring (bicyclic) bond motifs is 1. The highest BCUT2D eigenvalue weighted by Gasteiger charge is 2.23. The number of halogens is 1. The molecule has 2 rings (SSSR count). The van der Waals surface area contributed by atoms with Crippen LogP contribution in [0.25, 0.3) is 0 Å². The third kappa shape index (κ3) is 3.19. The van der Waals surface area contributed by atoms with E-state index in [1.807, 2.05) is 0 Å². The summed E-state index contributed by atoms with van der Waals surface area (Å²) >= 11 is 3.19. The third-order valence-electron chi connectivity index (χ3n) is 3.12. The summed E-state index contributed by atoms with van der Waals surface area (Å²) in [6, 6.07) is 4.66. The molecule has 1 aromatic carbocycles. The lowest BCUT2D eigenvalue weighted by Gasteiger charge is -2.29. The SMILES string of the molecule is C=C(Br)CNC(=O)N1CCCc2cc(C(=O)O)ccc21. The second-order valence-electron chi connectivity index (χ2n) is 4.58. The van der Waals surface area contributed by atoms with E-state index >= 15 is 0 Å². The maximum Gasteiger partial charge on any atom is 0.335 e. The molecule has 0 radical (unpaired) electrons. The van der Waals surface area contributed by atoms with Gasteiger partial charge in [-0.25, -0.2) is 9.59 Å². The molecule has 1 aromatic rings. The molecule has 0 aromatic heterocycles. The van der Waals surface area contributed by atoms with Crippen LogP contribution in [-0.2, 0) is 6.42 Å². The molecule has 1 aliphatic rings. The minimum absolute atomic E-state index is 0.199. The Hall–Kier alpha value is -1.82. The van der Waals surface area contributed by atoms with Gasteiger partial charge in [0.2, 0.25) is 0 Å². The molecule has 2 amide bonds. The molecule has 2 N–H and O–H groups in total. The van der Waals surface area contributed by atoms with Crippen molar-refractivity contribution >= 4 is 33.6 Å². The number of hydrogen-bond donors (Lipinski definition) is 2. The number of aromatic carboxylic acids is 1. The summed E-state index contributed by atoms with van der Waals surface area (Å²) < 4.78 is 0.698. The predicted octanol–water partition coefficient (Wildman–Crippen LogP) is 2.76. The van der Waals surface area contributed by atoms with Crippen molar-refractivity contribution in [2.75, 3.05) is 18.0 Å². The molecule has 1 aliphatic heterocycles. The van der Waals surface area contributed by atoms with Gasteiger partial charge in [-0.3, -0.25) is 4.90 Å².